The molecule has 0 aliphatic carbocycles. The molecule has 102 valence electrons. The minimum Gasteiger partial charge on any atom is -0.333 e. The van der Waals surface area contributed by atoms with Gasteiger partial charge in [-0.2, -0.15) is 0 Å². The van der Waals surface area contributed by atoms with Crippen molar-refractivity contribution in [2.24, 2.45) is 0 Å². The van der Waals surface area contributed by atoms with Crippen molar-refractivity contribution in [1.29, 1.82) is 0 Å². The van der Waals surface area contributed by atoms with E-state index >= 15 is 0 Å². The van der Waals surface area contributed by atoms with E-state index in [1.807, 2.05) is 0 Å². The standard InChI is InChI=1S/C5H14O2P2.C3H9P.2Pd/c1-8(2)6-5-7-9(3)4;1-4(2)3;;/h5H2,1-4H3;1-3H3;;. The van der Waals surface area contributed by atoms with Gasteiger partial charge in [0.15, 0.2) is 6.79 Å². The maximum Gasteiger partial charge on any atom is 0.154 e. The second-order valence-electron chi connectivity index (χ2n) is 3.34. The number of hydrogen-bond donors (Lipinski definition) is 0. The van der Waals surface area contributed by atoms with Crippen LogP contribution in [-0.4, -0.2) is 53.4 Å². The van der Waals surface area contributed by atoms with Crippen LogP contribution in [0.15, 0.2) is 0 Å². The Morgan fingerprint density at radius 3 is 1.00 bits per heavy atom. The molecule has 0 spiro atoms. The fourth-order valence-corrected chi connectivity index (χ4v) is 0.845. The van der Waals surface area contributed by atoms with Crippen LogP contribution in [0.25, 0.3) is 0 Å². The monoisotopic (exact) mass is 456 g/mol. The summed E-state index contributed by atoms with van der Waals surface area (Å²) in [5.41, 5.74) is 0. The molecule has 7 heteroatoms. The van der Waals surface area contributed by atoms with Crippen LogP contribution in [0.5, 0.6) is 0 Å². The van der Waals surface area contributed by atoms with Gasteiger partial charge in [-0.05, 0) is 46.7 Å². The van der Waals surface area contributed by atoms with Gasteiger partial charge in [0.25, 0.3) is 0 Å². The molecule has 0 fully saturated rings. The molecule has 0 saturated carbocycles. The Bertz CT molecular complexity index is 95.1. The fourth-order valence-electron chi connectivity index (χ4n) is 0.234. The van der Waals surface area contributed by atoms with Gasteiger partial charge < -0.3 is 9.05 Å². The second kappa shape index (κ2) is 18.9. The van der Waals surface area contributed by atoms with Gasteiger partial charge in [0.2, 0.25) is 0 Å². The van der Waals surface area contributed by atoms with Crippen LogP contribution >= 0.6 is 24.2 Å². The molecule has 0 aliphatic rings. The van der Waals surface area contributed by atoms with E-state index in [9.17, 15) is 0 Å². The van der Waals surface area contributed by atoms with Crippen molar-refractivity contribution in [3.63, 3.8) is 0 Å². The van der Waals surface area contributed by atoms with Crippen LogP contribution in [0, 0.1) is 0 Å². The Hall–Kier alpha value is 2.53. The predicted molar refractivity (Wildman–Crippen MR) is 69.3 cm³/mol. The number of rotatable bonds is 4. The van der Waals surface area contributed by atoms with Crippen LogP contribution in [0.4, 0.5) is 0 Å². The molecule has 0 heterocycles. The molecule has 2 nitrogen and oxygen atoms in total. The summed E-state index contributed by atoms with van der Waals surface area (Å²) in [4.78, 5) is 0. The Morgan fingerprint density at radius 1 is 0.667 bits per heavy atom. The zero-order valence-corrected chi connectivity index (χ0v) is 16.3. The summed E-state index contributed by atoms with van der Waals surface area (Å²) in [6.07, 6.45) is 0. The minimum atomic E-state index is -0.246. The molecule has 0 N–H and O–H groups in total. The van der Waals surface area contributed by atoms with E-state index < -0.39 is 0 Å². The van der Waals surface area contributed by atoms with Gasteiger partial charge in [-0.25, -0.2) is 0 Å². The molecule has 0 aromatic rings. The second-order valence-corrected chi connectivity index (χ2v) is 9.79. The van der Waals surface area contributed by atoms with Crippen molar-refractivity contribution in [3.05, 3.63) is 0 Å². The zero-order chi connectivity index (χ0) is 10.9. The van der Waals surface area contributed by atoms with E-state index in [1.54, 1.807) is 0 Å². The Labute approximate surface area is 127 Å². The first kappa shape index (κ1) is 26.2. The fraction of sp³-hybridized carbons (Fsp3) is 1.00. The molecule has 0 amide bonds. The summed E-state index contributed by atoms with van der Waals surface area (Å²) in [5, 5.41) is 0. The maximum atomic E-state index is 5.21. The van der Waals surface area contributed by atoms with E-state index in [0.29, 0.717) is 14.7 Å². The molecule has 0 aliphatic heterocycles. The van der Waals surface area contributed by atoms with Gasteiger partial charge in [-0.1, -0.05) is 0 Å². The largest absolute Gasteiger partial charge is 0.333 e. The van der Waals surface area contributed by atoms with E-state index in [0.717, 1.165) is 0 Å². The van der Waals surface area contributed by atoms with Gasteiger partial charge in [0, 0.05) is 57.1 Å². The van der Waals surface area contributed by atoms with Crippen LogP contribution in [0.3, 0.4) is 0 Å². The Balaban J connectivity index is -0.0000000883. The van der Waals surface area contributed by atoms with Crippen LogP contribution in [-0.2, 0) is 49.9 Å². The van der Waals surface area contributed by atoms with Gasteiger partial charge in [-0.15, -0.1) is 7.92 Å². The van der Waals surface area contributed by atoms with E-state index in [4.69, 9.17) is 9.05 Å². The zero-order valence-electron chi connectivity index (χ0n) is 10.5. The normalized spacial score (nSPS) is 9.20. The maximum absolute atomic E-state index is 5.21. The summed E-state index contributed by atoms with van der Waals surface area (Å²) in [6.45, 7) is 15.4. The summed E-state index contributed by atoms with van der Waals surface area (Å²) >= 11 is 0. The van der Waals surface area contributed by atoms with E-state index in [2.05, 4.69) is 46.7 Å². The van der Waals surface area contributed by atoms with E-state index in [1.165, 1.54) is 0 Å². The Kier molecular flexibility index (Phi) is 33.0. The van der Waals surface area contributed by atoms with Crippen molar-refractivity contribution in [2.45, 2.75) is 0 Å². The smallest absolute Gasteiger partial charge is 0.154 e. The third-order valence-corrected chi connectivity index (χ3v) is 1.87. The topological polar surface area (TPSA) is 18.5 Å². The van der Waals surface area contributed by atoms with Crippen LogP contribution in [0.1, 0.15) is 0 Å². The van der Waals surface area contributed by atoms with Gasteiger partial charge in [0.1, 0.15) is 0 Å². The van der Waals surface area contributed by atoms with Crippen molar-refractivity contribution in [1.82, 2.24) is 0 Å². The molecule has 0 unspecified atom stereocenters. The van der Waals surface area contributed by atoms with Crippen molar-refractivity contribution >= 4 is 24.2 Å². The average molecular weight is 457 g/mol. The molecule has 0 aromatic carbocycles. The third kappa shape index (κ3) is 48.0. The average Bonchev–Trinajstić information content (AvgIpc) is 1.83. The third-order valence-electron chi connectivity index (χ3n) is 0.622. The SMILES string of the molecule is CP(C)C.CP(C)OCOP(C)C.[Pd].[Pd]. The molecule has 0 radical (unpaired) electrons. The van der Waals surface area contributed by atoms with Gasteiger partial charge >= 0.3 is 0 Å². The van der Waals surface area contributed by atoms with Crippen LogP contribution < -0.4 is 0 Å². The first-order valence-corrected chi connectivity index (χ1v) is 11.1. The Morgan fingerprint density at radius 2 is 0.867 bits per heavy atom. The molecule has 0 rings (SSSR count). The van der Waals surface area contributed by atoms with Crippen molar-refractivity contribution in [3.8, 4) is 0 Å². The number of hydrogen-bond acceptors (Lipinski definition) is 2. The predicted octanol–water partition coefficient (Wildman–Crippen LogP) is 3.64. The molecule has 0 bridgehead atoms. The molecule has 0 saturated heterocycles. The summed E-state index contributed by atoms with van der Waals surface area (Å²) in [5.74, 6) is 0. The summed E-state index contributed by atoms with van der Waals surface area (Å²) < 4.78 is 10.4. The molecular formula is C8H23O2P3Pd2. The van der Waals surface area contributed by atoms with Crippen LogP contribution in [0.2, 0.25) is 0 Å². The summed E-state index contributed by atoms with van der Waals surface area (Å²) in [6, 6.07) is 0. The van der Waals surface area contributed by atoms with Gasteiger partial charge in [-0.3, -0.25) is 0 Å². The van der Waals surface area contributed by atoms with Crippen molar-refractivity contribution < 1.29 is 49.9 Å². The quantitative estimate of drug-likeness (QED) is 0.365. The van der Waals surface area contributed by atoms with E-state index in [-0.39, 0.29) is 57.1 Å². The van der Waals surface area contributed by atoms with Crippen molar-refractivity contribution in [2.75, 3.05) is 53.4 Å². The molecule has 0 aromatic heterocycles. The van der Waals surface area contributed by atoms with Gasteiger partial charge in [0.05, 0.1) is 0 Å². The minimum absolute atomic E-state index is 0. The molecular weight excluding hydrogens is 434 g/mol. The first-order chi connectivity index (χ1) is 5.86. The molecule has 15 heavy (non-hydrogen) atoms. The summed E-state index contributed by atoms with van der Waals surface area (Å²) in [7, 11) is -0.112. The first-order valence-electron chi connectivity index (χ1n) is 4.07. The molecule has 0 atom stereocenters.